The Bertz CT molecular complexity index is 2410. The SMILES string of the molecule is CC(C)COC(=O)N[C@@H](C(=O)N1CCO[C@H]1c1ncc(-c2ccc(-c3ccc(-c4cnc([C@@H]5CCCN5C(=O)[C@@H](c5ccccc5)N(C)C)[nH]4)cc3)cc2)[nH]1)c1ccccc1. The zero-order valence-electron chi connectivity index (χ0n) is 35.0. The van der Waals surface area contributed by atoms with Crippen molar-refractivity contribution in [1.29, 1.82) is 0 Å². The number of carbonyl (C=O) groups excluding carboxylic acids is 3. The molecule has 13 nitrogen and oxygen atoms in total. The molecule has 0 radical (unpaired) electrons. The highest BCUT2D eigenvalue weighted by molar-refractivity contribution is 5.87. The number of aromatic amines is 2. The van der Waals surface area contributed by atoms with E-state index in [0.717, 1.165) is 57.9 Å². The van der Waals surface area contributed by atoms with Gasteiger partial charge in [-0.1, -0.05) is 123 Å². The predicted molar refractivity (Wildman–Crippen MR) is 233 cm³/mol. The van der Waals surface area contributed by atoms with Gasteiger partial charge in [0, 0.05) is 13.1 Å². The zero-order valence-corrected chi connectivity index (χ0v) is 35.0. The number of alkyl carbamates (subject to hydrolysis) is 1. The molecule has 3 amide bonds. The fraction of sp³-hybridized carbons (Fsp3) is 0.312. The standard InChI is InChI=1S/C48H52N8O5/c1-31(2)30-61-48(59)53-41(36-12-7-5-8-13-36)45(57)56-26-27-60-47(56)44-50-29-39(52-44)35-23-19-33(20-24-35)32-17-21-34(22-18-32)38-28-49-43(51-38)40-16-11-25-55(40)46(58)42(54(3)4)37-14-9-6-10-15-37/h5-10,12-15,17-24,28-29,31,40-42,47H,11,16,25-27,30H2,1-4H3,(H,49,51)(H,50,52)(H,53,59)/t40-,41+,42+,47-/m0/s1. The van der Waals surface area contributed by atoms with Gasteiger partial charge in [-0.2, -0.15) is 0 Å². The highest BCUT2D eigenvalue weighted by Gasteiger charge is 2.39. The molecule has 8 rings (SSSR count). The molecule has 4 atom stereocenters. The molecular weight excluding hydrogens is 769 g/mol. The highest BCUT2D eigenvalue weighted by atomic mass is 16.5. The van der Waals surface area contributed by atoms with E-state index >= 15 is 0 Å². The zero-order chi connectivity index (χ0) is 42.5. The van der Waals surface area contributed by atoms with Crippen molar-refractivity contribution < 1.29 is 23.9 Å². The van der Waals surface area contributed by atoms with Gasteiger partial charge in [0.1, 0.15) is 17.9 Å². The van der Waals surface area contributed by atoms with Gasteiger partial charge in [-0.25, -0.2) is 14.8 Å². The van der Waals surface area contributed by atoms with E-state index in [-0.39, 0.29) is 36.4 Å². The van der Waals surface area contributed by atoms with E-state index in [9.17, 15) is 14.4 Å². The van der Waals surface area contributed by atoms with E-state index in [1.54, 1.807) is 23.2 Å². The van der Waals surface area contributed by atoms with Crippen LogP contribution in [0.15, 0.2) is 122 Å². The van der Waals surface area contributed by atoms with Crippen molar-refractivity contribution in [2.75, 3.05) is 40.4 Å². The molecule has 2 saturated heterocycles. The number of hydrogen-bond donors (Lipinski definition) is 3. The summed E-state index contributed by atoms with van der Waals surface area (Å²) in [7, 11) is 3.90. The summed E-state index contributed by atoms with van der Waals surface area (Å²) in [6.07, 6.45) is 3.98. The first-order chi connectivity index (χ1) is 29.6. The number of hydrogen-bond acceptors (Lipinski definition) is 8. The van der Waals surface area contributed by atoms with Crippen molar-refractivity contribution in [3.8, 4) is 33.6 Å². The summed E-state index contributed by atoms with van der Waals surface area (Å²) in [5.74, 6) is 1.23. The number of benzene rings is 4. The molecule has 6 aromatic rings. The lowest BCUT2D eigenvalue weighted by molar-refractivity contribution is -0.139. The van der Waals surface area contributed by atoms with Gasteiger partial charge < -0.3 is 34.6 Å². The molecule has 0 bridgehead atoms. The summed E-state index contributed by atoms with van der Waals surface area (Å²) < 4.78 is 11.4. The third-order valence-electron chi connectivity index (χ3n) is 11.2. The molecule has 4 heterocycles. The van der Waals surface area contributed by atoms with Crippen LogP contribution in [-0.2, 0) is 19.1 Å². The van der Waals surface area contributed by atoms with Crippen molar-refractivity contribution in [1.82, 2.24) is 40.0 Å². The van der Waals surface area contributed by atoms with Crippen LogP contribution in [0.2, 0.25) is 0 Å². The van der Waals surface area contributed by atoms with Gasteiger partial charge >= 0.3 is 6.09 Å². The van der Waals surface area contributed by atoms with Crippen LogP contribution in [0.5, 0.6) is 0 Å². The lowest BCUT2D eigenvalue weighted by Gasteiger charge is -2.31. The Hall–Kier alpha value is -6.57. The summed E-state index contributed by atoms with van der Waals surface area (Å²) in [6.45, 7) is 5.51. The van der Waals surface area contributed by atoms with Crippen LogP contribution in [-0.4, -0.2) is 92.9 Å². The van der Waals surface area contributed by atoms with Gasteiger partial charge in [0.25, 0.3) is 5.91 Å². The summed E-state index contributed by atoms with van der Waals surface area (Å²) in [5.41, 5.74) is 7.36. The summed E-state index contributed by atoms with van der Waals surface area (Å²) in [4.78, 5) is 62.5. The summed E-state index contributed by atoms with van der Waals surface area (Å²) >= 11 is 0. The van der Waals surface area contributed by atoms with Gasteiger partial charge in [0.2, 0.25) is 5.91 Å². The van der Waals surface area contributed by atoms with Gasteiger partial charge in [-0.05, 0) is 66.2 Å². The Balaban J connectivity index is 0.921. The van der Waals surface area contributed by atoms with Gasteiger partial charge in [-0.3, -0.25) is 14.5 Å². The number of aromatic nitrogens is 4. The molecule has 13 heteroatoms. The van der Waals surface area contributed by atoms with Crippen molar-refractivity contribution in [2.24, 2.45) is 5.92 Å². The van der Waals surface area contributed by atoms with Crippen LogP contribution in [0, 0.1) is 5.92 Å². The van der Waals surface area contributed by atoms with Crippen molar-refractivity contribution >= 4 is 17.9 Å². The van der Waals surface area contributed by atoms with Gasteiger partial charge in [0.15, 0.2) is 12.1 Å². The number of imidazole rings is 2. The van der Waals surface area contributed by atoms with Crippen LogP contribution in [0.25, 0.3) is 33.6 Å². The molecule has 61 heavy (non-hydrogen) atoms. The van der Waals surface area contributed by atoms with Gasteiger partial charge in [0.05, 0.1) is 43.0 Å². The third-order valence-corrected chi connectivity index (χ3v) is 11.2. The molecular formula is C48H52N8O5. The summed E-state index contributed by atoms with van der Waals surface area (Å²) in [6, 6.07) is 34.2. The number of ether oxygens (including phenoxy) is 2. The van der Waals surface area contributed by atoms with Crippen LogP contribution in [0.1, 0.15) is 73.8 Å². The highest BCUT2D eigenvalue weighted by Crippen LogP contribution is 2.36. The van der Waals surface area contributed by atoms with Crippen LogP contribution in [0.3, 0.4) is 0 Å². The molecule has 0 saturated carbocycles. The number of H-pyrrole nitrogens is 2. The molecule has 4 aromatic carbocycles. The second-order valence-corrected chi connectivity index (χ2v) is 16.2. The molecule has 2 aliphatic heterocycles. The number of likely N-dealkylation sites (N-methyl/N-ethyl adjacent to an activating group) is 1. The minimum absolute atomic E-state index is 0.0884. The lowest BCUT2D eigenvalue weighted by Crippen LogP contribution is -2.43. The van der Waals surface area contributed by atoms with Crippen LogP contribution in [0.4, 0.5) is 4.79 Å². The maximum Gasteiger partial charge on any atom is 0.408 e. The molecule has 0 spiro atoms. The Morgan fingerprint density at radius 1 is 0.738 bits per heavy atom. The average molecular weight is 821 g/mol. The average Bonchev–Trinajstić information content (AvgIpc) is 4.13. The second kappa shape index (κ2) is 18.4. The number of nitrogens with one attached hydrogen (secondary N) is 3. The largest absolute Gasteiger partial charge is 0.449 e. The van der Waals surface area contributed by atoms with Gasteiger partial charge in [-0.15, -0.1) is 0 Å². The van der Waals surface area contributed by atoms with E-state index in [1.165, 1.54) is 0 Å². The van der Waals surface area contributed by atoms with E-state index in [0.29, 0.717) is 31.1 Å². The van der Waals surface area contributed by atoms with Crippen molar-refractivity contribution in [3.05, 3.63) is 144 Å². The Morgan fingerprint density at radius 2 is 1.30 bits per heavy atom. The molecule has 2 aliphatic rings. The first kappa shape index (κ1) is 41.2. The monoisotopic (exact) mass is 820 g/mol. The lowest BCUT2D eigenvalue weighted by atomic mass is 10.0. The maximum atomic E-state index is 14.0. The maximum absolute atomic E-state index is 14.0. The molecule has 2 aromatic heterocycles. The first-order valence-corrected chi connectivity index (χ1v) is 20.9. The third kappa shape index (κ3) is 9.13. The van der Waals surface area contributed by atoms with Crippen molar-refractivity contribution in [3.63, 3.8) is 0 Å². The van der Waals surface area contributed by atoms with E-state index < -0.39 is 18.4 Å². The molecule has 0 unspecified atom stereocenters. The Morgan fingerprint density at radius 3 is 1.89 bits per heavy atom. The molecule has 0 aliphatic carbocycles. The fourth-order valence-electron chi connectivity index (χ4n) is 8.14. The number of rotatable bonds is 13. The molecule has 2 fully saturated rings. The predicted octanol–water partition coefficient (Wildman–Crippen LogP) is 8.08. The van der Waals surface area contributed by atoms with Crippen LogP contribution < -0.4 is 5.32 Å². The number of amides is 3. The summed E-state index contributed by atoms with van der Waals surface area (Å²) in [5, 5.41) is 2.77. The number of likely N-dealkylation sites (tertiary alicyclic amines) is 1. The number of carbonyl (C=O) groups is 3. The minimum atomic E-state index is -0.959. The normalized spacial score (nSPS) is 17.5. The fourth-order valence-corrected chi connectivity index (χ4v) is 8.14. The molecule has 3 N–H and O–H groups in total. The smallest absolute Gasteiger partial charge is 0.408 e. The Kier molecular flexibility index (Phi) is 12.4. The first-order valence-electron chi connectivity index (χ1n) is 20.9. The Labute approximate surface area is 356 Å². The quantitative estimate of drug-likeness (QED) is 0.106. The van der Waals surface area contributed by atoms with E-state index in [1.807, 2.05) is 105 Å². The molecule has 314 valence electrons. The second-order valence-electron chi connectivity index (χ2n) is 16.2. The topological polar surface area (TPSA) is 149 Å². The van der Waals surface area contributed by atoms with Crippen LogP contribution >= 0.6 is 0 Å². The number of nitrogens with zero attached hydrogens (tertiary/aromatic N) is 5. The van der Waals surface area contributed by atoms with E-state index in [2.05, 4.69) is 56.7 Å². The van der Waals surface area contributed by atoms with Crippen molar-refractivity contribution in [2.45, 2.75) is 51.0 Å². The minimum Gasteiger partial charge on any atom is -0.449 e. The van der Waals surface area contributed by atoms with E-state index in [4.69, 9.17) is 14.5 Å².